The molecule has 0 radical (unpaired) electrons. The Balaban J connectivity index is 1.51. The highest BCUT2D eigenvalue weighted by Crippen LogP contribution is 2.39. The summed E-state index contributed by atoms with van der Waals surface area (Å²) in [5.41, 5.74) is 0.923. The number of allylic oxidation sites excluding steroid dienone is 2. The van der Waals surface area contributed by atoms with Crippen LogP contribution in [0.4, 0.5) is 13.2 Å². The van der Waals surface area contributed by atoms with Crippen LogP contribution in [-0.4, -0.2) is 22.8 Å². The van der Waals surface area contributed by atoms with Crippen molar-refractivity contribution in [2.24, 2.45) is 5.92 Å². The highest BCUT2D eigenvalue weighted by molar-refractivity contribution is 7.18. The van der Waals surface area contributed by atoms with Crippen molar-refractivity contribution in [3.63, 3.8) is 0 Å². The van der Waals surface area contributed by atoms with E-state index >= 15 is 0 Å². The van der Waals surface area contributed by atoms with Crippen molar-refractivity contribution in [3.05, 3.63) is 76.8 Å². The van der Waals surface area contributed by atoms with E-state index in [0.717, 1.165) is 33.8 Å². The van der Waals surface area contributed by atoms with Gasteiger partial charge in [-0.15, -0.1) is 11.3 Å². The smallest absolute Gasteiger partial charge is 0.341 e. The second kappa shape index (κ2) is 8.22. The first-order valence-electron chi connectivity index (χ1n) is 9.74. The summed E-state index contributed by atoms with van der Waals surface area (Å²) in [7, 11) is 1.70. The maximum absolute atomic E-state index is 13.2. The molecular weight excluding hydrogens is 409 g/mol. The van der Waals surface area contributed by atoms with Gasteiger partial charge in [-0.25, -0.2) is 4.98 Å². The van der Waals surface area contributed by atoms with Crippen LogP contribution in [0.5, 0.6) is 0 Å². The van der Waals surface area contributed by atoms with E-state index in [1.165, 1.54) is 12.1 Å². The van der Waals surface area contributed by atoms with Gasteiger partial charge in [0, 0.05) is 19.5 Å². The van der Waals surface area contributed by atoms with E-state index in [9.17, 15) is 18.0 Å². The number of amides is 1. The van der Waals surface area contributed by atoms with Crippen LogP contribution >= 0.6 is 11.3 Å². The maximum Gasteiger partial charge on any atom is 0.416 e. The topological polar surface area (TPSA) is 33.2 Å². The summed E-state index contributed by atoms with van der Waals surface area (Å²) in [6.45, 7) is 0.268. The molecule has 1 amide bonds. The normalized spacial score (nSPS) is 19.2. The second-order valence-corrected chi connectivity index (χ2v) is 8.63. The summed E-state index contributed by atoms with van der Waals surface area (Å²) in [5.74, 6) is -0.228. The average Bonchev–Trinajstić information content (AvgIpc) is 3.17. The second-order valence-electron chi connectivity index (χ2n) is 7.56. The zero-order valence-corrected chi connectivity index (χ0v) is 17.2. The van der Waals surface area contributed by atoms with Crippen LogP contribution < -0.4 is 0 Å². The number of benzene rings is 2. The van der Waals surface area contributed by atoms with Crippen molar-refractivity contribution in [2.75, 3.05) is 7.05 Å². The van der Waals surface area contributed by atoms with Crippen LogP contribution in [0.3, 0.4) is 0 Å². The Hall–Kier alpha value is -2.67. The largest absolute Gasteiger partial charge is 0.416 e. The fraction of sp³-hybridized carbons (Fsp3) is 0.304. The van der Waals surface area contributed by atoms with Crippen molar-refractivity contribution in [2.45, 2.75) is 31.5 Å². The highest BCUT2D eigenvalue weighted by Gasteiger charge is 2.34. The number of halogens is 3. The summed E-state index contributed by atoms with van der Waals surface area (Å²) in [5, 5.41) is 0.960. The minimum absolute atomic E-state index is 0.00922. The highest BCUT2D eigenvalue weighted by atomic mass is 32.1. The van der Waals surface area contributed by atoms with Crippen LogP contribution in [0.15, 0.2) is 60.7 Å². The number of aromatic nitrogens is 1. The molecule has 156 valence electrons. The molecule has 0 N–H and O–H groups in total. The molecule has 0 saturated carbocycles. The summed E-state index contributed by atoms with van der Waals surface area (Å²) in [6, 6.07) is 12.9. The number of alkyl halides is 3. The van der Waals surface area contributed by atoms with Crippen molar-refractivity contribution in [1.29, 1.82) is 0 Å². The van der Waals surface area contributed by atoms with Gasteiger partial charge in [0.2, 0.25) is 5.91 Å². The molecule has 0 saturated heterocycles. The van der Waals surface area contributed by atoms with Crippen LogP contribution in [0.2, 0.25) is 0 Å². The Labute approximate surface area is 176 Å². The standard InChI is InChI=1S/C23H21F3N2OS/c1-28(14-15-10-12-16(13-11-15)23(24,25)26)22(29)18-7-3-2-6-17(18)21-27-19-8-4-5-9-20(19)30-21/h2-5,8-13,17-18H,6-7,14H2,1H3/t17-,18-/m0/s1. The van der Waals surface area contributed by atoms with Crippen molar-refractivity contribution in [3.8, 4) is 0 Å². The number of hydrogen-bond acceptors (Lipinski definition) is 3. The fourth-order valence-corrected chi connectivity index (χ4v) is 4.99. The van der Waals surface area contributed by atoms with Crippen LogP contribution in [0.25, 0.3) is 10.2 Å². The Kier molecular flexibility index (Phi) is 5.64. The Morgan fingerprint density at radius 3 is 2.50 bits per heavy atom. The monoisotopic (exact) mass is 430 g/mol. The Morgan fingerprint density at radius 1 is 1.10 bits per heavy atom. The van der Waals surface area contributed by atoms with Gasteiger partial charge in [-0.2, -0.15) is 13.2 Å². The lowest BCUT2D eigenvalue weighted by atomic mass is 9.82. The van der Waals surface area contributed by atoms with Gasteiger partial charge in [-0.05, 0) is 42.7 Å². The molecule has 0 aliphatic heterocycles. The first-order valence-corrected chi connectivity index (χ1v) is 10.6. The molecule has 2 aromatic carbocycles. The first-order chi connectivity index (χ1) is 14.3. The number of carbonyl (C=O) groups is 1. The van der Waals surface area contributed by atoms with Gasteiger partial charge in [-0.1, -0.05) is 36.4 Å². The SMILES string of the molecule is CN(Cc1ccc(C(F)(F)F)cc1)C(=O)[C@H]1CC=CC[C@@H]1c1nc2ccccc2s1. The van der Waals surface area contributed by atoms with E-state index in [1.54, 1.807) is 23.3 Å². The summed E-state index contributed by atoms with van der Waals surface area (Å²) in [4.78, 5) is 19.6. The molecule has 3 nitrogen and oxygen atoms in total. The molecule has 0 unspecified atom stereocenters. The lowest BCUT2D eigenvalue weighted by molar-refractivity contribution is -0.138. The third-order valence-corrected chi connectivity index (χ3v) is 6.62. The molecule has 3 aromatic rings. The number of thiazole rings is 1. The molecule has 30 heavy (non-hydrogen) atoms. The molecule has 4 rings (SSSR count). The van der Waals surface area contributed by atoms with Crippen LogP contribution in [-0.2, 0) is 17.5 Å². The van der Waals surface area contributed by atoms with Gasteiger partial charge in [-0.3, -0.25) is 4.79 Å². The molecule has 0 bridgehead atoms. The third-order valence-electron chi connectivity index (χ3n) is 5.45. The molecule has 1 aliphatic carbocycles. The molecule has 1 aromatic heterocycles. The number of para-hydroxylation sites is 1. The Bertz CT molecular complexity index is 1040. The Morgan fingerprint density at radius 2 is 1.80 bits per heavy atom. The van der Waals surface area contributed by atoms with E-state index in [4.69, 9.17) is 4.98 Å². The minimum Gasteiger partial charge on any atom is -0.341 e. The van der Waals surface area contributed by atoms with Gasteiger partial charge >= 0.3 is 6.18 Å². The molecule has 2 atom stereocenters. The lowest BCUT2D eigenvalue weighted by Gasteiger charge is -2.30. The average molecular weight is 430 g/mol. The summed E-state index contributed by atoms with van der Waals surface area (Å²) < 4.78 is 39.4. The van der Waals surface area contributed by atoms with E-state index in [0.29, 0.717) is 12.0 Å². The number of rotatable bonds is 4. The molecule has 1 heterocycles. The van der Waals surface area contributed by atoms with Crippen molar-refractivity contribution in [1.82, 2.24) is 9.88 Å². The van der Waals surface area contributed by atoms with Crippen molar-refractivity contribution >= 4 is 27.5 Å². The zero-order chi connectivity index (χ0) is 21.3. The van der Waals surface area contributed by atoms with Gasteiger partial charge in [0.25, 0.3) is 0 Å². The number of hydrogen-bond donors (Lipinski definition) is 0. The molecular formula is C23H21F3N2OS. The molecule has 0 spiro atoms. The predicted molar refractivity (Wildman–Crippen MR) is 112 cm³/mol. The molecule has 1 aliphatic rings. The van der Waals surface area contributed by atoms with E-state index in [1.807, 2.05) is 30.3 Å². The zero-order valence-electron chi connectivity index (χ0n) is 16.4. The van der Waals surface area contributed by atoms with Gasteiger partial charge in [0.1, 0.15) is 0 Å². The predicted octanol–water partition coefficient (Wildman–Crippen LogP) is 6.02. The molecule has 0 fully saturated rings. The van der Waals surface area contributed by atoms with E-state index in [-0.39, 0.29) is 24.3 Å². The van der Waals surface area contributed by atoms with Crippen molar-refractivity contribution < 1.29 is 18.0 Å². The maximum atomic E-state index is 13.2. The van der Waals surface area contributed by atoms with E-state index < -0.39 is 11.7 Å². The van der Waals surface area contributed by atoms with Gasteiger partial charge < -0.3 is 4.90 Å². The fourth-order valence-electron chi connectivity index (χ4n) is 3.84. The van der Waals surface area contributed by atoms with E-state index in [2.05, 4.69) is 6.08 Å². The first kappa shape index (κ1) is 20.6. The minimum atomic E-state index is -4.36. The lowest BCUT2D eigenvalue weighted by Crippen LogP contribution is -2.36. The van der Waals surface area contributed by atoms with Gasteiger partial charge in [0.05, 0.1) is 26.7 Å². The number of carbonyl (C=O) groups excluding carboxylic acids is 1. The summed E-state index contributed by atoms with van der Waals surface area (Å²) in [6.07, 6.45) is 1.15. The van der Waals surface area contributed by atoms with Gasteiger partial charge in [0.15, 0.2) is 0 Å². The van der Waals surface area contributed by atoms with Crippen LogP contribution in [0, 0.1) is 5.92 Å². The number of fused-ring (bicyclic) bond motifs is 1. The molecule has 7 heteroatoms. The third kappa shape index (κ3) is 4.26. The van der Waals surface area contributed by atoms with Crippen LogP contribution in [0.1, 0.15) is 34.9 Å². The quantitative estimate of drug-likeness (QED) is 0.474. The number of nitrogens with zero attached hydrogens (tertiary/aromatic N) is 2. The summed E-state index contributed by atoms with van der Waals surface area (Å²) >= 11 is 1.62.